The largest absolute Gasteiger partial charge is 0.309 e. The molecule has 0 spiro atoms. The van der Waals surface area contributed by atoms with E-state index in [0.717, 1.165) is 62.8 Å². The standard InChI is InChI=1S/C57H39N3/c1-3-15-37(16-4-1)27-30-44-41-19-7-8-20-42(41)50-35-39(28-31-45(44)50)40-29-33-55-51(36-40)47-23-12-14-26-53(47)60(55)54-34-32-48(43-21-9-10-22-46(43)54)57-58-52-25-13-11-24-49(52)56(59-57)38-17-5-2-6-18-38/h1-26,28-29,31-36,44H,27,30H2. The van der Waals surface area contributed by atoms with Gasteiger partial charge in [0.1, 0.15) is 0 Å². The van der Waals surface area contributed by atoms with Gasteiger partial charge in [-0.3, -0.25) is 0 Å². The second kappa shape index (κ2) is 14.0. The number of aromatic nitrogens is 3. The van der Waals surface area contributed by atoms with Crippen molar-refractivity contribution >= 4 is 43.5 Å². The molecule has 282 valence electrons. The Bertz CT molecular complexity index is 3440. The Morgan fingerprint density at radius 3 is 1.92 bits per heavy atom. The predicted octanol–water partition coefficient (Wildman–Crippen LogP) is 14.6. The molecule has 0 bridgehead atoms. The summed E-state index contributed by atoms with van der Waals surface area (Å²) >= 11 is 0. The molecule has 2 heterocycles. The Morgan fingerprint density at radius 2 is 1.05 bits per heavy atom. The third-order valence-electron chi connectivity index (χ3n) is 12.7. The molecule has 60 heavy (non-hydrogen) atoms. The van der Waals surface area contributed by atoms with Gasteiger partial charge < -0.3 is 4.57 Å². The van der Waals surface area contributed by atoms with Crippen LogP contribution in [0.4, 0.5) is 0 Å². The molecular formula is C57H39N3. The Hall–Kier alpha value is -7.62. The van der Waals surface area contributed by atoms with Gasteiger partial charge in [0, 0.05) is 38.6 Å². The zero-order valence-corrected chi connectivity index (χ0v) is 33.0. The number of benzene rings is 9. The van der Waals surface area contributed by atoms with Gasteiger partial charge in [-0.25, -0.2) is 9.97 Å². The summed E-state index contributed by atoms with van der Waals surface area (Å²) in [6, 6.07) is 74.8. The molecule has 11 aromatic rings. The number of hydrogen-bond acceptors (Lipinski definition) is 2. The first-order chi connectivity index (χ1) is 29.8. The van der Waals surface area contributed by atoms with Crippen molar-refractivity contribution in [2.75, 3.05) is 0 Å². The third kappa shape index (κ3) is 5.58. The van der Waals surface area contributed by atoms with Crippen molar-refractivity contribution in [3.63, 3.8) is 0 Å². The SMILES string of the molecule is c1ccc(CCC2c3ccccc3-c3cc(-c4ccc5c(c4)c4ccccc4n5-c4ccc(-c5nc(-c6ccccc6)c6ccccc6n5)c5ccccc45)ccc32)cc1. The summed E-state index contributed by atoms with van der Waals surface area (Å²) in [6.45, 7) is 0. The first kappa shape index (κ1) is 34.4. The van der Waals surface area contributed by atoms with Gasteiger partial charge in [0.15, 0.2) is 5.82 Å². The molecule has 0 amide bonds. The Labute approximate surface area is 348 Å². The minimum absolute atomic E-state index is 0.394. The molecule has 1 atom stereocenters. The zero-order chi connectivity index (χ0) is 39.6. The molecule has 3 heteroatoms. The average molecular weight is 766 g/mol. The number of hydrogen-bond donors (Lipinski definition) is 0. The number of fused-ring (bicyclic) bond motifs is 8. The van der Waals surface area contributed by atoms with Gasteiger partial charge >= 0.3 is 0 Å². The van der Waals surface area contributed by atoms with Crippen molar-refractivity contribution < 1.29 is 0 Å². The van der Waals surface area contributed by atoms with Crippen LogP contribution in [-0.4, -0.2) is 14.5 Å². The molecular weight excluding hydrogens is 727 g/mol. The van der Waals surface area contributed by atoms with E-state index in [0.29, 0.717) is 5.92 Å². The molecule has 0 radical (unpaired) electrons. The second-order valence-corrected chi connectivity index (χ2v) is 16.0. The molecule has 12 rings (SSSR count). The third-order valence-corrected chi connectivity index (χ3v) is 12.7. The molecule has 0 N–H and O–H groups in total. The number of para-hydroxylation sites is 2. The minimum atomic E-state index is 0.394. The van der Waals surface area contributed by atoms with E-state index in [2.05, 4.69) is 205 Å². The van der Waals surface area contributed by atoms with Crippen LogP contribution in [0.25, 0.3) is 94.1 Å². The molecule has 9 aromatic carbocycles. The summed E-state index contributed by atoms with van der Waals surface area (Å²) in [5.41, 5.74) is 16.9. The second-order valence-electron chi connectivity index (χ2n) is 16.0. The number of aryl methyl sites for hydroxylation is 1. The van der Waals surface area contributed by atoms with Crippen LogP contribution in [0.3, 0.4) is 0 Å². The number of rotatable bonds is 7. The molecule has 2 aromatic heterocycles. The van der Waals surface area contributed by atoms with Gasteiger partial charge in [0.25, 0.3) is 0 Å². The minimum Gasteiger partial charge on any atom is -0.309 e. The van der Waals surface area contributed by atoms with Crippen molar-refractivity contribution in [3.05, 3.63) is 223 Å². The Morgan fingerprint density at radius 1 is 0.400 bits per heavy atom. The lowest BCUT2D eigenvalue weighted by Crippen LogP contribution is -1.99. The predicted molar refractivity (Wildman–Crippen MR) is 250 cm³/mol. The molecule has 0 saturated carbocycles. The van der Waals surface area contributed by atoms with Gasteiger partial charge in [0.2, 0.25) is 0 Å². The number of nitrogens with zero attached hydrogens (tertiary/aromatic N) is 3. The van der Waals surface area contributed by atoms with E-state index < -0.39 is 0 Å². The molecule has 0 aliphatic heterocycles. The quantitative estimate of drug-likeness (QED) is 0.162. The van der Waals surface area contributed by atoms with E-state index in [1.807, 2.05) is 6.07 Å². The first-order valence-electron chi connectivity index (χ1n) is 20.9. The Balaban J connectivity index is 0.974. The first-order valence-corrected chi connectivity index (χ1v) is 20.9. The van der Waals surface area contributed by atoms with E-state index in [9.17, 15) is 0 Å². The maximum atomic E-state index is 5.26. The van der Waals surface area contributed by atoms with Gasteiger partial charge in [-0.15, -0.1) is 0 Å². The van der Waals surface area contributed by atoms with Gasteiger partial charge in [-0.2, -0.15) is 0 Å². The smallest absolute Gasteiger partial charge is 0.161 e. The molecule has 0 fully saturated rings. The Kier molecular flexibility index (Phi) is 8.05. The zero-order valence-electron chi connectivity index (χ0n) is 33.0. The lowest BCUT2D eigenvalue weighted by molar-refractivity contribution is 0.729. The maximum absolute atomic E-state index is 5.26. The normalized spacial score (nSPS) is 13.3. The van der Waals surface area contributed by atoms with Crippen molar-refractivity contribution in [2.24, 2.45) is 0 Å². The van der Waals surface area contributed by atoms with E-state index in [4.69, 9.17) is 9.97 Å². The monoisotopic (exact) mass is 765 g/mol. The fourth-order valence-corrected chi connectivity index (χ4v) is 9.85. The van der Waals surface area contributed by atoms with Crippen LogP contribution in [0.5, 0.6) is 0 Å². The molecule has 1 aliphatic rings. The highest BCUT2D eigenvalue weighted by Crippen LogP contribution is 2.48. The van der Waals surface area contributed by atoms with Crippen LogP contribution in [0.1, 0.15) is 29.0 Å². The molecule has 0 saturated heterocycles. The van der Waals surface area contributed by atoms with E-state index in [-0.39, 0.29) is 0 Å². The summed E-state index contributed by atoms with van der Waals surface area (Å²) in [6.07, 6.45) is 2.16. The van der Waals surface area contributed by atoms with Crippen molar-refractivity contribution in [3.8, 4) is 50.6 Å². The fraction of sp³-hybridized carbons (Fsp3) is 0.0526. The van der Waals surface area contributed by atoms with Crippen LogP contribution in [-0.2, 0) is 6.42 Å². The van der Waals surface area contributed by atoms with Crippen LogP contribution < -0.4 is 0 Å². The summed E-state index contributed by atoms with van der Waals surface area (Å²) in [5, 5.41) is 5.79. The van der Waals surface area contributed by atoms with Gasteiger partial charge in [0.05, 0.1) is 27.9 Å². The van der Waals surface area contributed by atoms with Crippen LogP contribution in [0, 0.1) is 0 Å². The van der Waals surface area contributed by atoms with Crippen molar-refractivity contribution in [1.82, 2.24) is 14.5 Å². The summed E-state index contributed by atoms with van der Waals surface area (Å²) in [7, 11) is 0. The molecule has 1 aliphatic carbocycles. The van der Waals surface area contributed by atoms with Crippen LogP contribution in [0.15, 0.2) is 206 Å². The highest BCUT2D eigenvalue weighted by atomic mass is 15.0. The summed E-state index contributed by atoms with van der Waals surface area (Å²) < 4.78 is 2.44. The maximum Gasteiger partial charge on any atom is 0.161 e. The van der Waals surface area contributed by atoms with Crippen LogP contribution >= 0.6 is 0 Å². The summed E-state index contributed by atoms with van der Waals surface area (Å²) in [4.78, 5) is 10.4. The average Bonchev–Trinajstić information content (AvgIpc) is 3.82. The topological polar surface area (TPSA) is 30.7 Å². The van der Waals surface area contributed by atoms with E-state index in [1.54, 1.807) is 0 Å². The van der Waals surface area contributed by atoms with Gasteiger partial charge in [-0.1, -0.05) is 164 Å². The highest BCUT2D eigenvalue weighted by Gasteiger charge is 2.28. The van der Waals surface area contributed by atoms with E-state index in [1.165, 1.54) is 60.8 Å². The molecule has 1 unspecified atom stereocenters. The fourth-order valence-electron chi connectivity index (χ4n) is 9.85. The lowest BCUT2D eigenvalue weighted by atomic mass is 9.90. The summed E-state index contributed by atoms with van der Waals surface area (Å²) in [5.74, 6) is 1.12. The molecule has 3 nitrogen and oxygen atoms in total. The highest BCUT2D eigenvalue weighted by molar-refractivity contribution is 6.12. The van der Waals surface area contributed by atoms with E-state index >= 15 is 0 Å². The van der Waals surface area contributed by atoms with Crippen molar-refractivity contribution in [1.29, 1.82) is 0 Å². The van der Waals surface area contributed by atoms with Gasteiger partial charge in [-0.05, 0) is 99.6 Å². The van der Waals surface area contributed by atoms with Crippen molar-refractivity contribution in [2.45, 2.75) is 18.8 Å². The van der Waals surface area contributed by atoms with Crippen LogP contribution in [0.2, 0.25) is 0 Å². The lowest BCUT2D eigenvalue weighted by Gasteiger charge is -2.15.